The number of benzene rings is 2. The lowest BCUT2D eigenvalue weighted by Gasteiger charge is -2.29. The first-order valence-corrected chi connectivity index (χ1v) is 13.3. The predicted octanol–water partition coefficient (Wildman–Crippen LogP) is 5.57. The van der Waals surface area contributed by atoms with Crippen LogP contribution in [0, 0.1) is 0 Å². The van der Waals surface area contributed by atoms with Gasteiger partial charge >= 0.3 is 0 Å². The zero-order valence-corrected chi connectivity index (χ0v) is 21.5. The van der Waals surface area contributed by atoms with Gasteiger partial charge in [-0.25, -0.2) is 4.98 Å². The van der Waals surface area contributed by atoms with E-state index in [2.05, 4.69) is 46.5 Å². The Balaban J connectivity index is 1.22. The molecule has 7 heteroatoms. The summed E-state index contributed by atoms with van der Waals surface area (Å²) in [5, 5.41) is 4.12. The lowest BCUT2D eigenvalue weighted by molar-refractivity contribution is 0.114. The number of pyridine rings is 1. The van der Waals surface area contributed by atoms with Gasteiger partial charge < -0.3 is 15.0 Å². The number of rotatable bonds is 7. The van der Waals surface area contributed by atoms with Crippen molar-refractivity contribution in [3.63, 3.8) is 0 Å². The van der Waals surface area contributed by atoms with Crippen LogP contribution < -0.4 is 15.6 Å². The minimum Gasteiger partial charge on any atom is -0.490 e. The van der Waals surface area contributed by atoms with Crippen molar-refractivity contribution in [2.75, 3.05) is 25.5 Å². The Morgan fingerprint density at radius 1 is 1.00 bits per heavy atom. The van der Waals surface area contributed by atoms with E-state index in [4.69, 9.17) is 9.72 Å². The summed E-state index contributed by atoms with van der Waals surface area (Å²) in [7, 11) is 2.15. The Morgan fingerprint density at radius 2 is 1.73 bits per heavy atom. The van der Waals surface area contributed by atoms with Crippen molar-refractivity contribution < 1.29 is 4.74 Å². The van der Waals surface area contributed by atoms with Crippen LogP contribution in [-0.4, -0.2) is 45.7 Å². The minimum absolute atomic E-state index is 0.0331. The van der Waals surface area contributed by atoms with Gasteiger partial charge in [0.2, 0.25) is 5.95 Å². The average Bonchev–Trinajstić information content (AvgIpc) is 3.77. The van der Waals surface area contributed by atoms with E-state index >= 15 is 0 Å². The summed E-state index contributed by atoms with van der Waals surface area (Å²) in [6.45, 7) is 4.64. The molecule has 2 fully saturated rings. The van der Waals surface area contributed by atoms with Crippen LogP contribution in [0.4, 0.5) is 11.6 Å². The van der Waals surface area contributed by atoms with Gasteiger partial charge in [-0.3, -0.25) is 9.36 Å². The molecule has 2 aromatic heterocycles. The molecule has 0 unspecified atom stereocenters. The van der Waals surface area contributed by atoms with Crippen LogP contribution in [0.2, 0.25) is 0 Å². The largest absolute Gasteiger partial charge is 0.490 e. The van der Waals surface area contributed by atoms with Crippen molar-refractivity contribution in [2.45, 2.75) is 51.2 Å². The number of nitrogens with one attached hydrogen (secondary N) is 1. The van der Waals surface area contributed by atoms with E-state index in [0.29, 0.717) is 29.6 Å². The third-order valence-corrected chi connectivity index (χ3v) is 7.49. The van der Waals surface area contributed by atoms with Crippen LogP contribution in [0.1, 0.15) is 44.1 Å². The molecule has 1 saturated carbocycles. The Hall–Kier alpha value is -3.71. The molecule has 1 saturated heterocycles. The summed E-state index contributed by atoms with van der Waals surface area (Å²) in [5.41, 5.74) is 4.44. The van der Waals surface area contributed by atoms with E-state index in [1.165, 1.54) is 18.4 Å². The van der Waals surface area contributed by atoms with Crippen molar-refractivity contribution in [2.24, 2.45) is 0 Å². The van der Waals surface area contributed by atoms with Crippen molar-refractivity contribution in [3.8, 4) is 16.9 Å². The molecule has 1 N–H and O–H groups in total. The number of nitrogens with zero attached hydrogens (tertiary/aromatic N) is 4. The predicted molar refractivity (Wildman–Crippen MR) is 148 cm³/mol. The summed E-state index contributed by atoms with van der Waals surface area (Å²) >= 11 is 0. The second-order valence-electron chi connectivity index (χ2n) is 10.2. The van der Waals surface area contributed by atoms with E-state index in [9.17, 15) is 4.79 Å². The molecule has 4 aromatic rings. The molecule has 0 radical (unpaired) electrons. The van der Waals surface area contributed by atoms with Gasteiger partial charge in [0.05, 0.1) is 0 Å². The molecule has 1 aliphatic heterocycles. The van der Waals surface area contributed by atoms with Gasteiger partial charge in [-0.1, -0.05) is 24.3 Å². The Bertz CT molecular complexity index is 1450. The van der Waals surface area contributed by atoms with E-state index in [1.807, 2.05) is 37.3 Å². The van der Waals surface area contributed by atoms with E-state index < -0.39 is 0 Å². The van der Waals surface area contributed by atoms with Gasteiger partial charge in [-0.2, -0.15) is 4.98 Å². The van der Waals surface area contributed by atoms with Crippen LogP contribution in [-0.2, 0) is 6.54 Å². The van der Waals surface area contributed by atoms with Gasteiger partial charge in [-0.05, 0) is 87.0 Å². The van der Waals surface area contributed by atoms with E-state index in [0.717, 1.165) is 48.3 Å². The maximum Gasteiger partial charge on any atom is 0.260 e. The number of hydrogen-bond donors (Lipinski definition) is 1. The monoisotopic (exact) mass is 495 g/mol. The first kappa shape index (κ1) is 23.7. The summed E-state index contributed by atoms with van der Waals surface area (Å²) in [6.07, 6.45) is 6.69. The topological polar surface area (TPSA) is 72.3 Å². The summed E-state index contributed by atoms with van der Waals surface area (Å²) in [5.74, 6) is 2.02. The van der Waals surface area contributed by atoms with Crippen LogP contribution >= 0.6 is 0 Å². The Morgan fingerprint density at radius 3 is 2.41 bits per heavy atom. The number of likely N-dealkylation sites (tertiary alicyclic amines) is 1. The van der Waals surface area contributed by atoms with Crippen molar-refractivity contribution in [3.05, 3.63) is 76.7 Å². The van der Waals surface area contributed by atoms with E-state index in [1.54, 1.807) is 10.8 Å². The molecular weight excluding hydrogens is 462 g/mol. The van der Waals surface area contributed by atoms with E-state index in [-0.39, 0.29) is 11.7 Å². The smallest absolute Gasteiger partial charge is 0.260 e. The zero-order valence-electron chi connectivity index (χ0n) is 21.5. The van der Waals surface area contributed by atoms with Gasteiger partial charge in [0.25, 0.3) is 5.56 Å². The van der Waals surface area contributed by atoms with Crippen LogP contribution in [0.15, 0.2) is 65.6 Å². The molecule has 7 nitrogen and oxygen atoms in total. The fourth-order valence-electron chi connectivity index (χ4n) is 5.11. The number of fused-ring (bicyclic) bond motifs is 1. The number of hydrogen-bond acceptors (Lipinski definition) is 6. The van der Waals surface area contributed by atoms with Crippen molar-refractivity contribution in [1.29, 1.82) is 0 Å². The second kappa shape index (κ2) is 9.98. The summed E-state index contributed by atoms with van der Waals surface area (Å²) in [6, 6.07) is 18.2. The number of aromatic nitrogens is 3. The molecule has 0 bridgehead atoms. The molecule has 0 amide bonds. The molecule has 1 aliphatic carbocycles. The SMILES string of the molecule is CCn1c(=O)c(-c2ccc(C3CC3)cc2)cc2cnc(Nc3ccc(OC4CCN(C)CC4)cc3)nc21. The van der Waals surface area contributed by atoms with Crippen molar-refractivity contribution >= 4 is 22.7 Å². The van der Waals surface area contributed by atoms with Crippen LogP contribution in [0.5, 0.6) is 5.75 Å². The second-order valence-corrected chi connectivity index (χ2v) is 10.2. The maximum atomic E-state index is 13.4. The zero-order chi connectivity index (χ0) is 25.4. The first-order chi connectivity index (χ1) is 18.1. The molecule has 6 rings (SSSR count). The highest BCUT2D eigenvalue weighted by atomic mass is 16.5. The fourth-order valence-corrected chi connectivity index (χ4v) is 5.11. The number of ether oxygens (including phenoxy) is 1. The average molecular weight is 496 g/mol. The highest BCUT2D eigenvalue weighted by Gasteiger charge is 2.23. The van der Waals surface area contributed by atoms with Gasteiger partial charge in [0, 0.05) is 42.5 Å². The summed E-state index contributed by atoms with van der Waals surface area (Å²) in [4.78, 5) is 25.0. The Labute approximate surface area is 217 Å². The molecule has 37 heavy (non-hydrogen) atoms. The quantitative estimate of drug-likeness (QED) is 0.361. The molecule has 2 aromatic carbocycles. The van der Waals surface area contributed by atoms with Gasteiger partial charge in [0.15, 0.2) is 0 Å². The van der Waals surface area contributed by atoms with Crippen LogP contribution in [0.3, 0.4) is 0 Å². The van der Waals surface area contributed by atoms with Crippen LogP contribution in [0.25, 0.3) is 22.2 Å². The normalized spacial score (nSPS) is 16.7. The fraction of sp³-hybridized carbons (Fsp3) is 0.367. The minimum atomic E-state index is -0.0331. The standard InChI is InChI=1S/C30H33N5O2/c1-3-35-28-23(18-27(29(35)36)22-8-6-21(7-9-22)20-4-5-20)19-31-30(33-28)32-24-10-12-25(13-11-24)37-26-14-16-34(2)17-15-26/h6-13,18-20,26H,3-5,14-17H2,1-2H3,(H,31,32,33). The number of piperidine rings is 1. The van der Waals surface area contributed by atoms with Crippen molar-refractivity contribution in [1.82, 2.24) is 19.4 Å². The molecule has 190 valence electrons. The first-order valence-electron chi connectivity index (χ1n) is 13.3. The number of aryl methyl sites for hydroxylation is 1. The highest BCUT2D eigenvalue weighted by Crippen LogP contribution is 2.40. The van der Waals surface area contributed by atoms with Gasteiger partial charge in [0.1, 0.15) is 17.5 Å². The molecule has 0 spiro atoms. The number of anilines is 2. The lowest BCUT2D eigenvalue weighted by atomic mass is 10.0. The van der Waals surface area contributed by atoms with Gasteiger partial charge in [-0.15, -0.1) is 0 Å². The molecule has 2 aliphatic rings. The lowest BCUT2D eigenvalue weighted by Crippen LogP contribution is -2.35. The molecule has 3 heterocycles. The third-order valence-electron chi connectivity index (χ3n) is 7.49. The highest BCUT2D eigenvalue weighted by molar-refractivity contribution is 5.82. The maximum absolute atomic E-state index is 13.4. The molecule has 0 atom stereocenters. The Kier molecular flexibility index (Phi) is 6.38. The molecular formula is C30H33N5O2. The third kappa shape index (κ3) is 5.09. The summed E-state index contributed by atoms with van der Waals surface area (Å²) < 4.78 is 7.88.